The molecule has 3 N–H and O–H groups in total. The number of nitrogens with zero attached hydrogens (tertiary/aromatic N) is 1. The largest absolute Gasteiger partial charge is 0.337 e. The number of anilines is 1. The Kier molecular flexibility index (Phi) is 6.26. The molecule has 0 radical (unpaired) electrons. The molecule has 34 heavy (non-hydrogen) atoms. The first-order valence-corrected chi connectivity index (χ1v) is 13.2. The molecule has 8 nitrogen and oxygen atoms in total. The van der Waals surface area contributed by atoms with Gasteiger partial charge in [-0.05, 0) is 36.4 Å². The summed E-state index contributed by atoms with van der Waals surface area (Å²) >= 11 is 0. The summed E-state index contributed by atoms with van der Waals surface area (Å²) in [5.74, 6) is -1.58. The second kappa shape index (κ2) is 9.01. The molecule has 3 aromatic carbocycles. The van der Waals surface area contributed by atoms with Crippen LogP contribution < -0.4 is 10.5 Å². The predicted molar refractivity (Wildman–Crippen MR) is 126 cm³/mol. The van der Waals surface area contributed by atoms with Gasteiger partial charge in [-0.3, -0.25) is 4.79 Å². The van der Waals surface area contributed by atoms with Crippen LogP contribution in [0.1, 0.15) is 5.56 Å². The summed E-state index contributed by atoms with van der Waals surface area (Å²) in [6.45, 7) is -0.202. The van der Waals surface area contributed by atoms with Crippen LogP contribution >= 0.6 is 0 Å². The number of rotatable bonds is 7. The van der Waals surface area contributed by atoms with Crippen LogP contribution in [-0.4, -0.2) is 27.3 Å². The quantitative estimate of drug-likeness (QED) is 0.402. The van der Waals surface area contributed by atoms with Gasteiger partial charge in [-0.25, -0.2) is 26.4 Å². The lowest BCUT2D eigenvalue weighted by Gasteiger charge is -2.08. The van der Waals surface area contributed by atoms with Crippen molar-refractivity contribution < 1.29 is 26.0 Å². The van der Waals surface area contributed by atoms with Crippen LogP contribution in [0.2, 0.25) is 0 Å². The van der Waals surface area contributed by atoms with E-state index in [0.29, 0.717) is 16.6 Å². The van der Waals surface area contributed by atoms with Crippen LogP contribution in [0.5, 0.6) is 0 Å². The molecule has 0 bridgehead atoms. The van der Waals surface area contributed by atoms with Crippen LogP contribution in [0.3, 0.4) is 0 Å². The Hall–Kier alpha value is -3.54. The van der Waals surface area contributed by atoms with Crippen LogP contribution in [0.25, 0.3) is 10.9 Å². The van der Waals surface area contributed by atoms with Crippen molar-refractivity contribution in [2.75, 3.05) is 5.32 Å². The van der Waals surface area contributed by atoms with Crippen molar-refractivity contribution in [3.8, 4) is 0 Å². The summed E-state index contributed by atoms with van der Waals surface area (Å²) in [7, 11) is -7.77. The van der Waals surface area contributed by atoms with Crippen molar-refractivity contribution in [3.05, 3.63) is 90.4 Å². The lowest BCUT2D eigenvalue weighted by atomic mass is 10.2. The van der Waals surface area contributed by atoms with Gasteiger partial charge >= 0.3 is 0 Å². The third-order valence-electron chi connectivity index (χ3n) is 5.17. The van der Waals surface area contributed by atoms with Crippen molar-refractivity contribution in [3.63, 3.8) is 0 Å². The summed E-state index contributed by atoms with van der Waals surface area (Å²) in [6.07, 6.45) is 1.37. The van der Waals surface area contributed by atoms with Crippen molar-refractivity contribution in [1.82, 2.24) is 4.57 Å². The maximum Gasteiger partial charge on any atom is 0.244 e. The number of aromatic nitrogens is 1. The minimum Gasteiger partial charge on any atom is -0.337 e. The summed E-state index contributed by atoms with van der Waals surface area (Å²) in [4.78, 5) is 12.5. The number of benzene rings is 3. The van der Waals surface area contributed by atoms with E-state index >= 15 is 0 Å². The molecule has 0 aliphatic heterocycles. The Morgan fingerprint density at radius 1 is 0.912 bits per heavy atom. The minimum absolute atomic E-state index is 0.00309. The zero-order chi connectivity index (χ0) is 24.5. The molecule has 176 valence electrons. The number of nitrogens with two attached hydrogens (primary N) is 1. The minimum atomic E-state index is -3.92. The number of carbonyl (C=O) groups is 1. The van der Waals surface area contributed by atoms with E-state index in [2.05, 4.69) is 5.32 Å². The molecule has 0 saturated heterocycles. The Balaban J connectivity index is 1.60. The van der Waals surface area contributed by atoms with Gasteiger partial charge < -0.3 is 9.88 Å². The maximum absolute atomic E-state index is 14.1. The molecule has 11 heteroatoms. The Morgan fingerprint density at radius 3 is 2.24 bits per heavy atom. The van der Waals surface area contributed by atoms with Gasteiger partial charge in [-0.15, -0.1) is 0 Å². The predicted octanol–water partition coefficient (Wildman–Crippen LogP) is 3.04. The van der Waals surface area contributed by atoms with E-state index in [1.807, 2.05) is 0 Å². The van der Waals surface area contributed by atoms with Crippen molar-refractivity contribution in [2.24, 2.45) is 5.14 Å². The van der Waals surface area contributed by atoms with Gasteiger partial charge in [0.05, 0.1) is 15.5 Å². The average Bonchev–Trinajstić information content (AvgIpc) is 3.14. The third kappa shape index (κ3) is 5.01. The number of fused-ring (bicyclic) bond motifs is 1. The number of sulfonamides is 1. The molecule has 1 aromatic heterocycles. The molecular formula is C23H20FN3O5S2. The number of nitrogens with one attached hydrogen (secondary N) is 1. The molecule has 0 aliphatic rings. The van der Waals surface area contributed by atoms with Gasteiger partial charge in [-0.1, -0.05) is 36.4 Å². The SMILES string of the molecule is NS(=O)(=O)c1ccc(NC(=O)Cn2cc(S(=O)(=O)Cc3ccccc3F)c3ccccc32)cc1. The highest BCUT2D eigenvalue weighted by molar-refractivity contribution is 7.91. The van der Waals surface area contributed by atoms with Gasteiger partial charge in [0, 0.05) is 28.4 Å². The molecule has 1 amide bonds. The number of primary sulfonamides is 1. The Morgan fingerprint density at radius 2 is 1.56 bits per heavy atom. The van der Waals surface area contributed by atoms with Crippen molar-refractivity contribution >= 4 is 42.4 Å². The molecule has 1 heterocycles. The lowest BCUT2D eigenvalue weighted by Crippen LogP contribution is -2.18. The van der Waals surface area contributed by atoms with Crippen molar-refractivity contribution in [1.29, 1.82) is 0 Å². The molecule has 4 aromatic rings. The zero-order valence-corrected chi connectivity index (χ0v) is 19.3. The van der Waals surface area contributed by atoms with Crippen LogP contribution in [0, 0.1) is 5.82 Å². The van der Waals surface area contributed by atoms with E-state index in [4.69, 9.17) is 5.14 Å². The van der Waals surface area contributed by atoms with Gasteiger partial charge in [0.1, 0.15) is 12.4 Å². The monoisotopic (exact) mass is 501 g/mol. The number of halogens is 1. The van der Waals surface area contributed by atoms with Gasteiger partial charge in [0.15, 0.2) is 9.84 Å². The molecule has 0 fully saturated rings. The smallest absolute Gasteiger partial charge is 0.244 e. The zero-order valence-electron chi connectivity index (χ0n) is 17.7. The second-order valence-corrected chi connectivity index (χ2v) is 11.1. The Bertz CT molecular complexity index is 1600. The van der Waals surface area contributed by atoms with Crippen LogP contribution in [-0.2, 0) is 37.0 Å². The number of sulfone groups is 1. The normalized spacial score (nSPS) is 12.1. The van der Waals surface area contributed by atoms with E-state index in [1.54, 1.807) is 30.3 Å². The number of hydrogen-bond donors (Lipinski definition) is 2. The van der Waals surface area contributed by atoms with E-state index in [-0.39, 0.29) is 21.9 Å². The number of para-hydroxylation sites is 1. The third-order valence-corrected chi connectivity index (χ3v) is 7.79. The van der Waals surface area contributed by atoms with Crippen LogP contribution in [0.4, 0.5) is 10.1 Å². The second-order valence-electron chi connectivity index (χ2n) is 7.61. The maximum atomic E-state index is 14.1. The van der Waals surface area contributed by atoms with Gasteiger partial charge in [0.2, 0.25) is 15.9 Å². The molecule has 4 rings (SSSR count). The average molecular weight is 502 g/mol. The highest BCUT2D eigenvalue weighted by Crippen LogP contribution is 2.28. The first-order chi connectivity index (χ1) is 16.0. The first kappa shape index (κ1) is 23.6. The van der Waals surface area contributed by atoms with E-state index < -0.39 is 37.3 Å². The molecular weight excluding hydrogens is 481 g/mol. The first-order valence-electron chi connectivity index (χ1n) is 10.0. The van der Waals surface area contributed by atoms with Crippen LogP contribution in [0.15, 0.2) is 88.8 Å². The molecule has 0 aliphatic carbocycles. The molecule has 0 spiro atoms. The summed E-state index contributed by atoms with van der Waals surface area (Å²) < 4.78 is 64.6. The standard InChI is InChI=1S/C23H20FN3O5S2/c24-20-7-3-1-5-16(20)15-33(29,30)22-13-27(21-8-4-2-6-19(21)22)14-23(28)26-17-9-11-18(12-10-17)34(25,31)32/h1-13H,14-15H2,(H,26,28)(H2,25,31,32). The van der Waals surface area contributed by atoms with Gasteiger partial charge in [-0.2, -0.15) is 0 Å². The summed E-state index contributed by atoms with van der Waals surface area (Å²) in [6, 6.07) is 17.7. The van der Waals surface area contributed by atoms with Crippen molar-refractivity contribution in [2.45, 2.75) is 22.1 Å². The fourth-order valence-corrected chi connectivity index (χ4v) is 5.68. The summed E-state index contributed by atoms with van der Waals surface area (Å²) in [5.41, 5.74) is 0.926. The highest BCUT2D eigenvalue weighted by Gasteiger charge is 2.23. The van der Waals surface area contributed by atoms with Gasteiger partial charge in [0.25, 0.3) is 0 Å². The van der Waals surface area contributed by atoms with E-state index in [0.717, 1.165) is 0 Å². The topological polar surface area (TPSA) is 128 Å². The molecule has 0 atom stereocenters. The summed E-state index contributed by atoms with van der Waals surface area (Å²) in [5, 5.41) is 8.12. The number of amides is 1. The highest BCUT2D eigenvalue weighted by atomic mass is 32.2. The number of hydrogen-bond acceptors (Lipinski definition) is 5. The fourth-order valence-electron chi connectivity index (χ4n) is 3.57. The molecule has 0 saturated carbocycles. The lowest BCUT2D eigenvalue weighted by molar-refractivity contribution is -0.116. The van der Waals surface area contributed by atoms with E-state index in [1.165, 1.54) is 53.2 Å². The number of carbonyl (C=O) groups excluding carboxylic acids is 1. The fraction of sp³-hybridized carbons (Fsp3) is 0.0870. The van der Waals surface area contributed by atoms with E-state index in [9.17, 15) is 26.0 Å². The molecule has 0 unspecified atom stereocenters. The Labute approximate surface area is 195 Å².